The van der Waals surface area contributed by atoms with Gasteiger partial charge in [0.1, 0.15) is 0 Å². The van der Waals surface area contributed by atoms with Crippen LogP contribution in [0.25, 0.3) is 0 Å². The summed E-state index contributed by atoms with van der Waals surface area (Å²) >= 11 is 0. The molecule has 0 unspecified atom stereocenters. The minimum absolute atomic E-state index is 0.112. The van der Waals surface area contributed by atoms with Gasteiger partial charge in [-0.25, -0.2) is 4.79 Å². The minimum atomic E-state index is -0.587. The summed E-state index contributed by atoms with van der Waals surface area (Å²) in [4.78, 5) is 39.3. The van der Waals surface area contributed by atoms with Crippen LogP contribution in [0.4, 0.5) is 0 Å². The fraction of sp³-hybridized carbons (Fsp3) is 0.500. The molecule has 0 aromatic carbocycles. The molecule has 1 heterocycles. The summed E-state index contributed by atoms with van der Waals surface area (Å²) in [5, 5.41) is 0.562. The molecule has 0 atom stereocenters. The monoisotopic (exact) mass is 275 g/mol. The van der Waals surface area contributed by atoms with Crippen molar-refractivity contribution in [2.24, 2.45) is 0 Å². The summed E-state index contributed by atoms with van der Waals surface area (Å²) < 4.78 is 0. The molecule has 1 aliphatic rings. The molecule has 1 fully saturated rings. The highest BCUT2D eigenvalue weighted by molar-refractivity contribution is 8.77. The van der Waals surface area contributed by atoms with E-state index >= 15 is 0 Å². The van der Waals surface area contributed by atoms with E-state index in [1.54, 1.807) is 10.8 Å². The molecule has 2 amide bonds. The van der Waals surface area contributed by atoms with Crippen LogP contribution in [0, 0.1) is 0 Å². The molecule has 0 aliphatic carbocycles. The Hall–Kier alpha value is -0.950. The lowest BCUT2D eigenvalue weighted by Gasteiger charge is -2.12. The Balaban J connectivity index is 2.32. The molecule has 7 heteroatoms. The number of rotatable bonds is 6. The minimum Gasteiger partial charge on any atom is -0.330 e. The van der Waals surface area contributed by atoms with Crippen LogP contribution in [-0.4, -0.2) is 29.1 Å². The van der Waals surface area contributed by atoms with Gasteiger partial charge in [0.25, 0.3) is 11.8 Å². The van der Waals surface area contributed by atoms with Gasteiger partial charge in [-0.2, -0.15) is 0 Å². The Kier molecular flexibility index (Phi) is 5.57. The lowest BCUT2D eigenvalue weighted by atomic mass is 10.3. The Labute approximate surface area is 107 Å². The highest BCUT2D eigenvalue weighted by atomic mass is 33.1. The fourth-order valence-electron chi connectivity index (χ4n) is 1.21. The molecule has 1 saturated heterocycles. The van der Waals surface area contributed by atoms with Crippen molar-refractivity contribution in [3.8, 4) is 0 Å². The van der Waals surface area contributed by atoms with Crippen molar-refractivity contribution in [3.63, 3.8) is 0 Å². The number of hydrogen-bond acceptors (Lipinski definition) is 6. The summed E-state index contributed by atoms with van der Waals surface area (Å²) in [7, 11) is 3.03. The maximum Gasteiger partial charge on any atom is 0.333 e. The van der Waals surface area contributed by atoms with Gasteiger partial charge in [-0.15, -0.1) is 5.06 Å². The van der Waals surface area contributed by atoms with Crippen molar-refractivity contribution in [1.29, 1.82) is 0 Å². The first kappa shape index (κ1) is 14.1. The molecule has 0 aromatic heterocycles. The maximum absolute atomic E-state index is 11.4. The highest BCUT2D eigenvalue weighted by Gasteiger charge is 2.32. The molecule has 0 saturated carbocycles. The normalized spacial score (nSPS) is 15.2. The van der Waals surface area contributed by atoms with Crippen LogP contribution in [0.3, 0.4) is 0 Å². The topological polar surface area (TPSA) is 63.7 Å². The molecule has 0 N–H and O–H groups in total. The smallest absolute Gasteiger partial charge is 0.330 e. The Morgan fingerprint density at radius 1 is 1.35 bits per heavy atom. The molecule has 0 spiro atoms. The predicted molar refractivity (Wildman–Crippen MR) is 66.7 cm³/mol. The van der Waals surface area contributed by atoms with Gasteiger partial charge < -0.3 is 4.84 Å². The average Bonchev–Trinajstić information content (AvgIpc) is 2.58. The van der Waals surface area contributed by atoms with Crippen LogP contribution in [0.5, 0.6) is 0 Å². The van der Waals surface area contributed by atoms with E-state index in [1.807, 2.05) is 6.26 Å². The molecule has 0 radical (unpaired) electrons. The van der Waals surface area contributed by atoms with Gasteiger partial charge in [-0.05, 0) is 17.6 Å². The largest absolute Gasteiger partial charge is 0.333 e. The number of nitrogens with zero attached hydrogens (tertiary/aromatic N) is 1. The van der Waals surface area contributed by atoms with Gasteiger partial charge in [0.15, 0.2) is 0 Å². The van der Waals surface area contributed by atoms with E-state index in [2.05, 4.69) is 6.58 Å². The van der Waals surface area contributed by atoms with Crippen LogP contribution in [0.1, 0.15) is 25.7 Å². The van der Waals surface area contributed by atoms with Gasteiger partial charge in [-0.1, -0.05) is 28.2 Å². The second-order valence-corrected chi connectivity index (χ2v) is 5.91. The standard InChI is InChI=1S/C10H13NO4S2/c1-7(17-16-2)3-6-10(14)15-11-8(12)4-5-9(11)13/h1,3-6H2,2H3. The Bertz CT molecular complexity index is 340. The molecule has 17 heavy (non-hydrogen) atoms. The number of hydroxylamine groups is 2. The second kappa shape index (κ2) is 6.70. The van der Waals surface area contributed by atoms with E-state index in [9.17, 15) is 14.4 Å². The van der Waals surface area contributed by atoms with E-state index in [0.717, 1.165) is 4.91 Å². The van der Waals surface area contributed by atoms with Crippen molar-refractivity contribution in [2.75, 3.05) is 6.26 Å². The van der Waals surface area contributed by atoms with Crippen molar-refractivity contribution in [3.05, 3.63) is 11.5 Å². The number of carbonyl (C=O) groups is 3. The van der Waals surface area contributed by atoms with E-state index in [1.165, 1.54) is 10.8 Å². The van der Waals surface area contributed by atoms with Crippen LogP contribution >= 0.6 is 21.6 Å². The SMILES string of the molecule is C=C(CCC(=O)ON1C(=O)CCC1=O)SSC. The average molecular weight is 275 g/mol. The fourth-order valence-corrected chi connectivity index (χ4v) is 2.58. The first-order valence-corrected chi connectivity index (χ1v) is 7.55. The number of carbonyl (C=O) groups excluding carboxylic acids is 3. The van der Waals surface area contributed by atoms with Crippen LogP contribution in [0.15, 0.2) is 11.5 Å². The van der Waals surface area contributed by atoms with Crippen molar-refractivity contribution >= 4 is 39.4 Å². The number of allylic oxidation sites excluding steroid dienone is 1. The molecule has 1 aliphatic heterocycles. The van der Waals surface area contributed by atoms with Gasteiger partial charge in [0.05, 0.1) is 6.42 Å². The van der Waals surface area contributed by atoms with Gasteiger partial charge >= 0.3 is 5.97 Å². The molecule has 5 nitrogen and oxygen atoms in total. The summed E-state index contributed by atoms with van der Waals surface area (Å²) in [5.41, 5.74) is 0. The van der Waals surface area contributed by atoms with Crippen molar-refractivity contribution < 1.29 is 19.2 Å². The van der Waals surface area contributed by atoms with Crippen LogP contribution < -0.4 is 0 Å². The third kappa shape index (κ3) is 4.43. The van der Waals surface area contributed by atoms with Crippen LogP contribution in [-0.2, 0) is 19.2 Å². The first-order chi connectivity index (χ1) is 8.04. The third-order valence-electron chi connectivity index (χ3n) is 2.01. The second-order valence-electron chi connectivity index (χ2n) is 3.33. The van der Waals surface area contributed by atoms with E-state index in [0.29, 0.717) is 11.5 Å². The van der Waals surface area contributed by atoms with Crippen molar-refractivity contribution in [2.45, 2.75) is 25.7 Å². The van der Waals surface area contributed by atoms with E-state index in [-0.39, 0.29) is 19.3 Å². The summed E-state index contributed by atoms with van der Waals surface area (Å²) in [6.45, 7) is 3.76. The summed E-state index contributed by atoms with van der Waals surface area (Å²) in [5.74, 6) is -1.50. The van der Waals surface area contributed by atoms with Gasteiger partial charge in [0.2, 0.25) is 0 Å². The Morgan fingerprint density at radius 2 is 1.94 bits per heavy atom. The Morgan fingerprint density at radius 3 is 2.47 bits per heavy atom. The van der Waals surface area contributed by atoms with Gasteiger partial charge in [0, 0.05) is 12.8 Å². The molecule has 94 valence electrons. The summed E-state index contributed by atoms with van der Waals surface area (Å²) in [6, 6.07) is 0. The van der Waals surface area contributed by atoms with Gasteiger partial charge in [-0.3, -0.25) is 9.59 Å². The maximum atomic E-state index is 11.4. The predicted octanol–water partition coefficient (Wildman–Crippen LogP) is 1.90. The zero-order valence-corrected chi connectivity index (χ0v) is 11.1. The lowest BCUT2D eigenvalue weighted by Crippen LogP contribution is -2.31. The molecule has 0 bridgehead atoms. The first-order valence-electron chi connectivity index (χ1n) is 4.99. The zero-order chi connectivity index (χ0) is 12.8. The molecular formula is C10H13NO4S2. The molecular weight excluding hydrogens is 262 g/mol. The van der Waals surface area contributed by atoms with E-state index < -0.39 is 17.8 Å². The number of hydrogen-bond donors (Lipinski definition) is 0. The summed E-state index contributed by atoms with van der Waals surface area (Å²) in [6.07, 6.45) is 2.72. The number of amides is 2. The lowest BCUT2D eigenvalue weighted by molar-refractivity contribution is -0.197. The highest BCUT2D eigenvalue weighted by Crippen LogP contribution is 2.29. The quantitative estimate of drug-likeness (QED) is 0.545. The third-order valence-corrected chi connectivity index (χ3v) is 3.82. The molecule has 1 rings (SSSR count). The van der Waals surface area contributed by atoms with E-state index in [4.69, 9.17) is 4.84 Å². The number of imide groups is 1. The van der Waals surface area contributed by atoms with Crippen LogP contribution in [0.2, 0.25) is 0 Å². The molecule has 0 aromatic rings. The zero-order valence-electron chi connectivity index (χ0n) is 9.43. The van der Waals surface area contributed by atoms with Crippen molar-refractivity contribution in [1.82, 2.24) is 5.06 Å².